The molecule has 218 valence electrons. The average molecular weight is 565 g/mol. The number of aliphatic hydroxyl groups excluding tert-OH is 1. The molecule has 2 aliphatic rings. The summed E-state index contributed by atoms with van der Waals surface area (Å²) >= 11 is 0. The van der Waals surface area contributed by atoms with Gasteiger partial charge in [0.1, 0.15) is 5.82 Å². The lowest BCUT2D eigenvalue weighted by molar-refractivity contribution is 0.0707. The van der Waals surface area contributed by atoms with Gasteiger partial charge in [0.2, 0.25) is 5.95 Å². The van der Waals surface area contributed by atoms with E-state index < -0.39 is 17.5 Å². The van der Waals surface area contributed by atoms with Crippen molar-refractivity contribution < 1.29 is 27.6 Å². The first-order valence-electron chi connectivity index (χ1n) is 13.0. The molecule has 1 unspecified atom stereocenters. The van der Waals surface area contributed by atoms with E-state index in [0.717, 1.165) is 71.1 Å². The molecule has 1 atom stereocenters. The zero-order valence-electron chi connectivity index (χ0n) is 22.8. The largest absolute Gasteiger partial charge is 0.400 e. The van der Waals surface area contributed by atoms with Crippen LogP contribution < -0.4 is 15.5 Å². The van der Waals surface area contributed by atoms with E-state index in [1.807, 2.05) is 14.0 Å². The zero-order chi connectivity index (χ0) is 29.2. The molecular formula is C26H35F3N8O3. The van der Waals surface area contributed by atoms with Crippen LogP contribution in [0.2, 0.25) is 0 Å². The second-order valence-electron chi connectivity index (χ2n) is 9.31. The Bertz CT molecular complexity index is 1220. The van der Waals surface area contributed by atoms with Crippen LogP contribution in [0.25, 0.3) is 0 Å². The van der Waals surface area contributed by atoms with E-state index in [9.17, 15) is 18.0 Å². The number of aryl methyl sites for hydroxylation is 1. The molecular weight excluding hydrogens is 529 g/mol. The van der Waals surface area contributed by atoms with Crippen molar-refractivity contribution in [2.75, 3.05) is 50.1 Å². The van der Waals surface area contributed by atoms with Crippen LogP contribution in [0.1, 0.15) is 42.4 Å². The van der Waals surface area contributed by atoms with Crippen molar-refractivity contribution in [1.29, 1.82) is 0 Å². The maximum atomic E-state index is 12.9. The standard InChI is InChI=1S/C19H28N8O2.C6H3F3.CH4O/c1-3-16-23-19(29-24-16)26-8-5-15(6-9-26)25(2)17(28)13-10-21-18(22-11-13)27-7-4-14(20)12-27;7-4-1-2-5(8)6(9)3-4;1-2/h10-11,14-15H,3-9,12,20H2,1-2H3;1-3H;2H,1H3. The first-order valence-corrected chi connectivity index (χ1v) is 13.0. The number of benzene rings is 1. The Kier molecular flexibility index (Phi) is 11.2. The number of carbonyl (C=O) groups excluding carboxylic acids is 1. The molecule has 3 N–H and O–H groups in total. The highest BCUT2D eigenvalue weighted by molar-refractivity contribution is 5.93. The number of aromatic nitrogens is 4. The maximum absolute atomic E-state index is 12.9. The number of anilines is 2. The van der Waals surface area contributed by atoms with Crippen LogP contribution in [0, 0.1) is 17.5 Å². The molecule has 4 heterocycles. The van der Waals surface area contributed by atoms with Gasteiger partial charge in [0.05, 0.1) is 5.56 Å². The minimum absolute atomic E-state index is 0.0563. The van der Waals surface area contributed by atoms with E-state index in [0.29, 0.717) is 29.4 Å². The second kappa shape index (κ2) is 14.6. The van der Waals surface area contributed by atoms with Crippen molar-refractivity contribution in [3.63, 3.8) is 0 Å². The summed E-state index contributed by atoms with van der Waals surface area (Å²) in [5.41, 5.74) is 6.45. The van der Waals surface area contributed by atoms with Gasteiger partial charge >= 0.3 is 6.01 Å². The zero-order valence-corrected chi connectivity index (χ0v) is 22.8. The smallest absolute Gasteiger partial charge is 0.324 e. The number of rotatable bonds is 5. The van der Waals surface area contributed by atoms with Crippen molar-refractivity contribution in [1.82, 2.24) is 25.0 Å². The van der Waals surface area contributed by atoms with Crippen LogP contribution in [0.3, 0.4) is 0 Å². The van der Waals surface area contributed by atoms with Gasteiger partial charge in [0.25, 0.3) is 5.91 Å². The fourth-order valence-electron chi connectivity index (χ4n) is 4.37. The summed E-state index contributed by atoms with van der Waals surface area (Å²) in [5.74, 6) is -1.66. The number of halogens is 3. The lowest BCUT2D eigenvalue weighted by Gasteiger charge is -2.35. The normalized spacial score (nSPS) is 17.1. The van der Waals surface area contributed by atoms with Crippen LogP contribution in [0.4, 0.5) is 25.1 Å². The molecule has 0 saturated carbocycles. The molecule has 0 bridgehead atoms. The van der Waals surface area contributed by atoms with Crippen LogP contribution in [-0.2, 0) is 6.42 Å². The Hall–Kier alpha value is -3.78. The highest BCUT2D eigenvalue weighted by atomic mass is 19.2. The minimum atomic E-state index is -1.16. The van der Waals surface area contributed by atoms with Crippen molar-refractivity contribution in [3.05, 3.63) is 59.4 Å². The van der Waals surface area contributed by atoms with E-state index >= 15 is 0 Å². The number of amides is 1. The van der Waals surface area contributed by atoms with Gasteiger partial charge in [-0.2, -0.15) is 4.98 Å². The Morgan fingerprint density at radius 2 is 1.73 bits per heavy atom. The summed E-state index contributed by atoms with van der Waals surface area (Å²) in [6.45, 7) is 5.16. The van der Waals surface area contributed by atoms with Crippen LogP contribution in [0.15, 0.2) is 35.1 Å². The fourth-order valence-corrected chi connectivity index (χ4v) is 4.37. The van der Waals surface area contributed by atoms with Crippen molar-refractivity contribution >= 4 is 17.9 Å². The molecule has 11 nitrogen and oxygen atoms in total. The number of nitrogens with zero attached hydrogens (tertiary/aromatic N) is 7. The van der Waals surface area contributed by atoms with Crippen molar-refractivity contribution in [2.45, 2.75) is 44.7 Å². The van der Waals surface area contributed by atoms with Gasteiger partial charge in [-0.15, -0.1) is 0 Å². The molecule has 2 aliphatic heterocycles. The predicted molar refractivity (Wildman–Crippen MR) is 142 cm³/mol. The number of hydrogen-bond donors (Lipinski definition) is 2. The van der Waals surface area contributed by atoms with Gasteiger partial charge in [-0.1, -0.05) is 12.1 Å². The van der Waals surface area contributed by atoms with Crippen LogP contribution >= 0.6 is 0 Å². The monoisotopic (exact) mass is 564 g/mol. The number of carbonyl (C=O) groups is 1. The summed E-state index contributed by atoms with van der Waals surface area (Å²) in [6.07, 6.45) is 6.61. The van der Waals surface area contributed by atoms with Crippen LogP contribution in [-0.4, -0.2) is 88.4 Å². The van der Waals surface area contributed by atoms with Gasteiger partial charge in [0, 0.05) is 77.3 Å². The second-order valence-corrected chi connectivity index (χ2v) is 9.31. The van der Waals surface area contributed by atoms with E-state index in [4.69, 9.17) is 15.4 Å². The third-order valence-electron chi connectivity index (χ3n) is 6.65. The van der Waals surface area contributed by atoms with Crippen LogP contribution in [0.5, 0.6) is 0 Å². The third-order valence-corrected chi connectivity index (χ3v) is 6.65. The molecule has 2 aromatic heterocycles. The summed E-state index contributed by atoms with van der Waals surface area (Å²) < 4.78 is 41.2. The number of nitrogens with two attached hydrogens (primary N) is 1. The number of hydrogen-bond acceptors (Lipinski definition) is 10. The third kappa shape index (κ3) is 7.88. The molecule has 2 fully saturated rings. The maximum Gasteiger partial charge on any atom is 0.324 e. The molecule has 5 rings (SSSR count). The minimum Gasteiger partial charge on any atom is -0.400 e. The van der Waals surface area contributed by atoms with Crippen molar-refractivity contribution in [3.8, 4) is 0 Å². The van der Waals surface area contributed by atoms with E-state index in [1.54, 1.807) is 17.3 Å². The predicted octanol–water partition coefficient (Wildman–Crippen LogP) is 2.41. The highest BCUT2D eigenvalue weighted by Crippen LogP contribution is 2.22. The molecule has 0 spiro atoms. The van der Waals surface area contributed by atoms with E-state index in [1.165, 1.54) is 0 Å². The Balaban J connectivity index is 0.000000339. The molecule has 3 aromatic rings. The first kappa shape index (κ1) is 30.8. The van der Waals surface area contributed by atoms with E-state index in [2.05, 4.69) is 29.9 Å². The summed E-state index contributed by atoms with van der Waals surface area (Å²) in [4.78, 5) is 32.0. The summed E-state index contributed by atoms with van der Waals surface area (Å²) in [7, 11) is 2.85. The van der Waals surface area contributed by atoms with E-state index in [-0.39, 0.29) is 18.0 Å². The Labute approximate surface area is 230 Å². The SMILES string of the molecule is CCc1noc(N2CCC(N(C)C(=O)c3cnc(N4CCC(N)C4)nc3)CC2)n1.CO.Fc1ccc(F)c(F)c1. The Morgan fingerprint density at radius 3 is 2.25 bits per heavy atom. The Morgan fingerprint density at radius 1 is 1.07 bits per heavy atom. The molecule has 2 saturated heterocycles. The number of piperidine rings is 1. The molecule has 14 heteroatoms. The molecule has 0 aliphatic carbocycles. The molecule has 0 radical (unpaired) electrons. The molecule has 40 heavy (non-hydrogen) atoms. The first-order chi connectivity index (χ1) is 19.2. The molecule has 1 amide bonds. The van der Waals surface area contributed by atoms with Gasteiger partial charge in [-0.25, -0.2) is 23.1 Å². The highest BCUT2D eigenvalue weighted by Gasteiger charge is 2.29. The fraction of sp³-hybridized carbons (Fsp3) is 0.500. The number of aliphatic hydroxyl groups is 1. The van der Waals surface area contributed by atoms with Gasteiger partial charge in [-0.3, -0.25) is 4.79 Å². The summed E-state index contributed by atoms with van der Waals surface area (Å²) in [5, 5.41) is 11.0. The molecule has 1 aromatic carbocycles. The van der Waals surface area contributed by atoms with Crippen molar-refractivity contribution in [2.24, 2.45) is 5.73 Å². The summed E-state index contributed by atoms with van der Waals surface area (Å²) in [6, 6.07) is 2.99. The van der Waals surface area contributed by atoms with Gasteiger partial charge in [0.15, 0.2) is 17.5 Å². The average Bonchev–Trinajstić information content (AvgIpc) is 3.65. The lowest BCUT2D eigenvalue weighted by Crippen LogP contribution is -2.45. The topological polar surface area (TPSA) is 138 Å². The quantitative estimate of drug-likeness (QED) is 0.445. The lowest BCUT2D eigenvalue weighted by atomic mass is 10.0. The van der Waals surface area contributed by atoms with Gasteiger partial charge in [-0.05, 0) is 31.4 Å². The van der Waals surface area contributed by atoms with Gasteiger partial charge < -0.3 is 30.1 Å².